The Bertz CT molecular complexity index is 2060. The Morgan fingerprint density at radius 3 is 1.66 bits per heavy atom. The van der Waals surface area contributed by atoms with Crippen molar-refractivity contribution in [2.45, 2.75) is 89.1 Å². The third kappa shape index (κ3) is 11.5. The van der Waals surface area contributed by atoms with Gasteiger partial charge in [-0.05, 0) is 99.1 Å². The van der Waals surface area contributed by atoms with Crippen LogP contribution in [0.5, 0.6) is 11.5 Å². The number of benzene rings is 2. The van der Waals surface area contributed by atoms with E-state index < -0.39 is 0 Å². The average molecular weight is 838 g/mol. The lowest BCUT2D eigenvalue weighted by Crippen LogP contribution is -2.51. The summed E-state index contributed by atoms with van der Waals surface area (Å²) in [5.74, 6) is 3.44. The van der Waals surface area contributed by atoms with Crippen LogP contribution in [0, 0.1) is 11.3 Å². The summed E-state index contributed by atoms with van der Waals surface area (Å²) >= 11 is 12.1. The quantitative estimate of drug-likeness (QED) is 0.211. The zero-order chi connectivity index (χ0) is 41.0. The first kappa shape index (κ1) is 42.4. The van der Waals surface area contributed by atoms with E-state index in [0.717, 1.165) is 92.3 Å². The average Bonchev–Trinajstić information content (AvgIpc) is 3.51. The second kappa shape index (κ2) is 21.0. The monoisotopic (exact) mass is 836 g/mol. The second-order valence-corrected chi connectivity index (χ2v) is 16.5. The fraction of sp³-hybridized carbons (Fsp3) is 0.444. The molecule has 0 spiro atoms. The van der Waals surface area contributed by atoms with Gasteiger partial charge >= 0.3 is 0 Å². The van der Waals surface area contributed by atoms with E-state index in [0.29, 0.717) is 43.6 Å². The molecule has 0 aliphatic carbocycles. The van der Waals surface area contributed by atoms with Crippen molar-refractivity contribution in [1.29, 1.82) is 5.26 Å². The van der Waals surface area contributed by atoms with E-state index in [4.69, 9.17) is 43.7 Å². The van der Waals surface area contributed by atoms with E-state index in [1.165, 1.54) is 42.0 Å². The molecule has 0 saturated carbocycles. The largest absolute Gasteiger partial charge is 0.490 e. The molecule has 0 bridgehead atoms. The van der Waals surface area contributed by atoms with Crippen LogP contribution >= 0.6 is 23.2 Å². The van der Waals surface area contributed by atoms with Gasteiger partial charge in [-0.3, -0.25) is 19.8 Å². The summed E-state index contributed by atoms with van der Waals surface area (Å²) in [7, 11) is 0. The first-order valence-corrected chi connectivity index (χ1v) is 21.4. The van der Waals surface area contributed by atoms with E-state index in [1.54, 1.807) is 6.07 Å². The molecule has 2 saturated heterocycles. The van der Waals surface area contributed by atoms with E-state index in [-0.39, 0.29) is 6.04 Å². The van der Waals surface area contributed by atoms with Crippen LogP contribution < -0.4 is 20.5 Å². The minimum atomic E-state index is 0.285. The Balaban J connectivity index is 0.000000171. The van der Waals surface area contributed by atoms with Gasteiger partial charge in [0.05, 0.1) is 24.9 Å². The van der Waals surface area contributed by atoms with Crippen molar-refractivity contribution in [2.75, 3.05) is 39.4 Å². The molecule has 12 nitrogen and oxygen atoms in total. The van der Waals surface area contributed by atoms with Crippen LogP contribution in [-0.2, 0) is 25.9 Å². The molecule has 2 unspecified atom stereocenters. The number of piperidine rings is 2. The van der Waals surface area contributed by atoms with Crippen molar-refractivity contribution in [1.82, 2.24) is 30.0 Å². The van der Waals surface area contributed by atoms with Gasteiger partial charge in [0.2, 0.25) is 0 Å². The van der Waals surface area contributed by atoms with Crippen LogP contribution in [0.1, 0.15) is 61.3 Å². The maximum Gasteiger partial charge on any atom is 0.142 e. The number of halogens is 2. The van der Waals surface area contributed by atoms with Gasteiger partial charge in [0.1, 0.15) is 36.4 Å². The Morgan fingerprint density at radius 2 is 1.20 bits per heavy atom. The lowest BCUT2D eigenvalue weighted by atomic mass is 9.97. The Hall–Kier alpha value is -4.77. The fourth-order valence-electron chi connectivity index (χ4n) is 8.67. The molecular formula is C45H54Cl2N10O2. The number of amidine groups is 2. The molecule has 2 atom stereocenters. The SMILES string of the molecule is CC#N.Clc1ccc(CC2COc3cnccc3CN2C2CCNCC2)cc1.NC1=NN=C(N2CCC(N3Cc4ccncc4OCC3Cc3ccc(Cl)cc3)CC2)C1. The normalized spacial score (nSPS) is 21.2. The highest BCUT2D eigenvalue weighted by Crippen LogP contribution is 2.32. The summed E-state index contributed by atoms with van der Waals surface area (Å²) in [5, 5.41) is 20.6. The highest BCUT2D eigenvalue weighted by atomic mass is 35.5. The van der Waals surface area contributed by atoms with Gasteiger partial charge in [-0.15, -0.1) is 10.2 Å². The number of hydrogen-bond acceptors (Lipinski definition) is 12. The van der Waals surface area contributed by atoms with Gasteiger partial charge < -0.3 is 25.4 Å². The maximum atomic E-state index is 7.32. The predicted octanol–water partition coefficient (Wildman–Crippen LogP) is 6.90. The van der Waals surface area contributed by atoms with Crippen molar-refractivity contribution in [3.05, 3.63) is 118 Å². The van der Waals surface area contributed by atoms with Crippen molar-refractivity contribution in [3.63, 3.8) is 0 Å². The molecule has 310 valence electrons. The van der Waals surface area contributed by atoms with Crippen molar-refractivity contribution in [2.24, 2.45) is 15.9 Å². The van der Waals surface area contributed by atoms with Gasteiger partial charge in [-0.1, -0.05) is 47.5 Å². The van der Waals surface area contributed by atoms with E-state index in [2.05, 4.69) is 76.6 Å². The van der Waals surface area contributed by atoms with Crippen LogP contribution in [-0.4, -0.2) is 99.9 Å². The van der Waals surface area contributed by atoms with Gasteiger partial charge in [0, 0.05) is 90.8 Å². The third-order valence-corrected chi connectivity index (χ3v) is 12.2. The number of nitrogens with one attached hydrogen (secondary N) is 1. The number of nitriles is 1. The first-order valence-electron chi connectivity index (χ1n) is 20.6. The van der Waals surface area contributed by atoms with Crippen LogP contribution in [0.2, 0.25) is 10.0 Å². The maximum absolute atomic E-state index is 7.32. The Kier molecular flexibility index (Phi) is 15.0. The molecule has 2 fully saturated rings. The Labute approximate surface area is 358 Å². The number of fused-ring (bicyclic) bond motifs is 2. The van der Waals surface area contributed by atoms with Gasteiger partial charge in [0.15, 0.2) is 0 Å². The fourth-order valence-corrected chi connectivity index (χ4v) is 8.92. The topological polar surface area (TPSA) is 141 Å². The number of likely N-dealkylation sites (tertiary alicyclic amines) is 1. The first-order chi connectivity index (χ1) is 28.9. The summed E-state index contributed by atoms with van der Waals surface area (Å²) in [6.07, 6.45) is 14.5. The number of nitrogens with zero attached hydrogens (tertiary/aromatic N) is 8. The van der Waals surface area contributed by atoms with Crippen LogP contribution in [0.15, 0.2) is 95.7 Å². The standard InChI is InChI=1S/C23H27ClN6O.C20H24ClN3O.C2H3N/c24-18-3-1-16(2-4-18)11-20-15-31-21-13-26-8-5-17(21)14-30(20)19-6-9-29(10-7-19)23-12-22(25)27-28-23;21-17-3-1-15(2-4-17)11-19-14-25-20-12-23-8-5-16(20)13-24(19)18-6-9-22-10-7-18;1-2-3/h1-5,8,13,19-20H,6-7,9-12,14-15H2,(H2,25,27);1-5,8,12,18-19,22H,6-7,9-11,13-14H2;1H3. The molecular weight excluding hydrogens is 783 g/mol. The smallest absolute Gasteiger partial charge is 0.142 e. The highest BCUT2D eigenvalue weighted by Gasteiger charge is 2.35. The molecule has 5 aliphatic heterocycles. The number of pyridine rings is 2. The lowest BCUT2D eigenvalue weighted by Gasteiger charge is -2.42. The van der Waals surface area contributed by atoms with Crippen molar-refractivity contribution in [3.8, 4) is 17.6 Å². The van der Waals surface area contributed by atoms with Crippen LogP contribution in [0.25, 0.3) is 0 Å². The molecule has 2 aromatic heterocycles. The van der Waals surface area contributed by atoms with E-state index in [9.17, 15) is 0 Å². The zero-order valence-corrected chi connectivity index (χ0v) is 35.2. The molecule has 4 aromatic rings. The van der Waals surface area contributed by atoms with Crippen molar-refractivity contribution < 1.29 is 9.47 Å². The summed E-state index contributed by atoms with van der Waals surface area (Å²) < 4.78 is 12.3. The molecule has 0 radical (unpaired) electrons. The molecule has 9 rings (SSSR count). The lowest BCUT2D eigenvalue weighted by molar-refractivity contribution is 0.0670. The molecule has 5 aliphatic rings. The van der Waals surface area contributed by atoms with E-state index >= 15 is 0 Å². The van der Waals surface area contributed by atoms with Gasteiger partial charge in [0.25, 0.3) is 0 Å². The molecule has 2 aromatic carbocycles. The molecule has 7 heterocycles. The zero-order valence-electron chi connectivity index (χ0n) is 33.7. The number of hydrogen-bond donors (Lipinski definition) is 2. The van der Waals surface area contributed by atoms with E-state index in [1.807, 2.05) is 49.1 Å². The highest BCUT2D eigenvalue weighted by molar-refractivity contribution is 6.30. The third-order valence-electron chi connectivity index (χ3n) is 11.7. The van der Waals surface area contributed by atoms with Crippen LogP contribution in [0.4, 0.5) is 0 Å². The summed E-state index contributed by atoms with van der Waals surface area (Å²) in [4.78, 5) is 16.1. The van der Waals surface area contributed by atoms with Gasteiger partial charge in [-0.25, -0.2) is 0 Å². The minimum absolute atomic E-state index is 0.285. The molecule has 59 heavy (non-hydrogen) atoms. The molecule has 0 amide bonds. The number of nitrogens with two attached hydrogens (primary N) is 1. The number of ether oxygens (including phenoxy) is 2. The summed E-state index contributed by atoms with van der Waals surface area (Å²) in [6.45, 7) is 8.72. The molecule has 14 heteroatoms. The minimum Gasteiger partial charge on any atom is -0.490 e. The van der Waals surface area contributed by atoms with Gasteiger partial charge in [-0.2, -0.15) is 5.26 Å². The predicted molar refractivity (Wildman–Crippen MR) is 234 cm³/mol. The summed E-state index contributed by atoms with van der Waals surface area (Å²) in [6, 6.07) is 24.0. The second-order valence-electron chi connectivity index (χ2n) is 15.6. The van der Waals surface area contributed by atoms with Crippen molar-refractivity contribution >= 4 is 34.9 Å². The summed E-state index contributed by atoms with van der Waals surface area (Å²) in [5.41, 5.74) is 10.8. The number of aromatic nitrogens is 2. The Morgan fingerprint density at radius 1 is 0.729 bits per heavy atom. The number of rotatable bonds is 6. The van der Waals surface area contributed by atoms with Crippen LogP contribution in [0.3, 0.4) is 0 Å². The molecule has 3 N–H and O–H groups in total.